The highest BCUT2D eigenvalue weighted by molar-refractivity contribution is 5.78. The quantitative estimate of drug-likeness (QED) is 0.787. The number of imidazole rings is 1. The Balaban J connectivity index is 2.33. The van der Waals surface area contributed by atoms with Crippen LogP contribution < -0.4 is 5.73 Å². The van der Waals surface area contributed by atoms with Gasteiger partial charge in [0.2, 0.25) is 0 Å². The van der Waals surface area contributed by atoms with E-state index in [9.17, 15) is 0 Å². The van der Waals surface area contributed by atoms with Gasteiger partial charge in [0, 0.05) is 12.6 Å². The minimum Gasteiger partial charge on any atom is -0.330 e. The minimum absolute atomic E-state index is 0.557. The second-order valence-electron chi connectivity index (χ2n) is 4.81. The molecule has 5 nitrogen and oxygen atoms in total. The summed E-state index contributed by atoms with van der Waals surface area (Å²) in [5.41, 5.74) is 9.48. The molecule has 0 bridgehead atoms. The summed E-state index contributed by atoms with van der Waals surface area (Å²) in [6.45, 7) is 4.46. The summed E-state index contributed by atoms with van der Waals surface area (Å²) in [7, 11) is 0. The third-order valence-electron chi connectivity index (χ3n) is 3.26. The molecule has 2 heterocycles. The Bertz CT molecular complexity index is 760. The summed E-state index contributed by atoms with van der Waals surface area (Å²) in [5, 5.41) is 0. The van der Waals surface area contributed by atoms with Crippen LogP contribution in [0.1, 0.15) is 17.2 Å². The molecular weight excluding hydrogens is 250 g/mol. The lowest BCUT2D eigenvalue weighted by molar-refractivity contribution is 0.820. The van der Waals surface area contributed by atoms with Crippen molar-refractivity contribution in [2.24, 2.45) is 5.73 Å². The van der Waals surface area contributed by atoms with E-state index >= 15 is 0 Å². The van der Waals surface area contributed by atoms with Gasteiger partial charge in [-0.2, -0.15) is 0 Å². The van der Waals surface area contributed by atoms with E-state index < -0.39 is 0 Å². The van der Waals surface area contributed by atoms with Crippen molar-refractivity contribution in [3.8, 4) is 5.82 Å². The fraction of sp³-hybridized carbons (Fsp3) is 0.267. The summed E-state index contributed by atoms with van der Waals surface area (Å²) in [5.74, 6) is 1.76. The number of para-hydroxylation sites is 2. The van der Waals surface area contributed by atoms with Gasteiger partial charge in [0.05, 0.1) is 22.4 Å². The molecule has 0 saturated heterocycles. The maximum atomic E-state index is 5.71. The number of aromatic nitrogens is 4. The van der Waals surface area contributed by atoms with Crippen molar-refractivity contribution in [2.45, 2.75) is 20.3 Å². The number of nitrogens with two attached hydrogens (primary N) is 1. The van der Waals surface area contributed by atoms with Crippen molar-refractivity contribution in [3.05, 3.63) is 47.7 Å². The second kappa shape index (κ2) is 5.02. The topological polar surface area (TPSA) is 69.6 Å². The van der Waals surface area contributed by atoms with Crippen LogP contribution in [-0.2, 0) is 6.42 Å². The predicted octanol–water partition coefficient (Wildman–Crippen LogP) is 1.93. The molecule has 20 heavy (non-hydrogen) atoms. The standard InChI is InChI=1S/C15H17N5/c1-10-9-17-11(2)15(18-10)20-13-6-4-3-5-12(13)19-14(20)7-8-16/h3-6,9H,7-8,16H2,1-2H3. The van der Waals surface area contributed by atoms with E-state index in [1.807, 2.05) is 38.1 Å². The van der Waals surface area contributed by atoms with Crippen LogP contribution in [0.3, 0.4) is 0 Å². The van der Waals surface area contributed by atoms with Crippen molar-refractivity contribution in [1.82, 2.24) is 19.5 Å². The van der Waals surface area contributed by atoms with E-state index in [-0.39, 0.29) is 0 Å². The molecule has 0 saturated carbocycles. The van der Waals surface area contributed by atoms with Gasteiger partial charge in [-0.05, 0) is 32.5 Å². The van der Waals surface area contributed by atoms with E-state index in [0.29, 0.717) is 13.0 Å². The molecule has 0 amide bonds. The Morgan fingerprint density at radius 3 is 2.75 bits per heavy atom. The first-order valence-electron chi connectivity index (χ1n) is 6.67. The van der Waals surface area contributed by atoms with Gasteiger partial charge in [0.1, 0.15) is 5.82 Å². The van der Waals surface area contributed by atoms with Gasteiger partial charge in [-0.15, -0.1) is 0 Å². The number of benzene rings is 1. The molecule has 3 aromatic rings. The number of hydrogen-bond acceptors (Lipinski definition) is 4. The van der Waals surface area contributed by atoms with Gasteiger partial charge >= 0.3 is 0 Å². The monoisotopic (exact) mass is 267 g/mol. The third-order valence-corrected chi connectivity index (χ3v) is 3.26. The number of fused-ring (bicyclic) bond motifs is 1. The highest BCUT2D eigenvalue weighted by atomic mass is 15.2. The van der Waals surface area contributed by atoms with Crippen LogP contribution in [0.4, 0.5) is 0 Å². The van der Waals surface area contributed by atoms with Crippen molar-refractivity contribution in [1.29, 1.82) is 0 Å². The van der Waals surface area contributed by atoms with Crippen molar-refractivity contribution in [3.63, 3.8) is 0 Å². The van der Waals surface area contributed by atoms with Gasteiger partial charge < -0.3 is 5.73 Å². The van der Waals surface area contributed by atoms with Crippen LogP contribution in [0.2, 0.25) is 0 Å². The summed E-state index contributed by atoms with van der Waals surface area (Å²) < 4.78 is 2.07. The lowest BCUT2D eigenvalue weighted by atomic mass is 10.3. The molecule has 0 radical (unpaired) electrons. The normalized spacial score (nSPS) is 11.2. The molecule has 3 rings (SSSR count). The highest BCUT2D eigenvalue weighted by Crippen LogP contribution is 2.22. The Morgan fingerprint density at radius 2 is 1.95 bits per heavy atom. The molecule has 1 aromatic carbocycles. The zero-order chi connectivity index (χ0) is 14.1. The Kier molecular flexibility index (Phi) is 3.20. The van der Waals surface area contributed by atoms with Crippen LogP contribution in [0, 0.1) is 13.8 Å². The van der Waals surface area contributed by atoms with Crippen LogP contribution in [-0.4, -0.2) is 26.1 Å². The Hall–Kier alpha value is -2.27. The lowest BCUT2D eigenvalue weighted by Crippen LogP contribution is -2.11. The molecule has 0 aliphatic heterocycles. The average Bonchev–Trinajstić information content (AvgIpc) is 2.80. The first kappa shape index (κ1) is 12.7. The molecule has 0 aliphatic carbocycles. The van der Waals surface area contributed by atoms with Gasteiger partial charge in [-0.3, -0.25) is 9.55 Å². The van der Waals surface area contributed by atoms with E-state index in [2.05, 4.69) is 19.5 Å². The second-order valence-corrected chi connectivity index (χ2v) is 4.81. The zero-order valence-corrected chi connectivity index (χ0v) is 11.7. The van der Waals surface area contributed by atoms with Crippen molar-refractivity contribution >= 4 is 11.0 Å². The van der Waals surface area contributed by atoms with Crippen LogP contribution in [0.15, 0.2) is 30.5 Å². The number of aryl methyl sites for hydroxylation is 2. The summed E-state index contributed by atoms with van der Waals surface area (Å²) in [6, 6.07) is 8.04. The van der Waals surface area contributed by atoms with E-state index in [4.69, 9.17) is 5.73 Å². The van der Waals surface area contributed by atoms with Gasteiger partial charge in [-0.1, -0.05) is 12.1 Å². The molecule has 0 atom stereocenters. The fourth-order valence-corrected chi connectivity index (χ4v) is 2.35. The molecule has 0 unspecified atom stereocenters. The van der Waals surface area contributed by atoms with E-state index in [0.717, 1.165) is 34.1 Å². The first-order chi connectivity index (χ1) is 9.70. The average molecular weight is 267 g/mol. The van der Waals surface area contributed by atoms with Crippen molar-refractivity contribution < 1.29 is 0 Å². The van der Waals surface area contributed by atoms with Crippen LogP contribution in [0.25, 0.3) is 16.9 Å². The molecule has 0 spiro atoms. The summed E-state index contributed by atoms with van der Waals surface area (Å²) in [6.07, 6.45) is 2.49. The number of hydrogen-bond donors (Lipinski definition) is 1. The largest absolute Gasteiger partial charge is 0.330 e. The first-order valence-corrected chi connectivity index (χ1v) is 6.67. The summed E-state index contributed by atoms with van der Waals surface area (Å²) >= 11 is 0. The molecule has 0 aliphatic rings. The SMILES string of the molecule is Cc1cnc(C)c(-n2c(CCN)nc3ccccc32)n1. The summed E-state index contributed by atoms with van der Waals surface area (Å²) in [4.78, 5) is 13.7. The highest BCUT2D eigenvalue weighted by Gasteiger charge is 2.15. The van der Waals surface area contributed by atoms with Gasteiger partial charge in [0.25, 0.3) is 0 Å². The lowest BCUT2D eigenvalue weighted by Gasteiger charge is -2.10. The van der Waals surface area contributed by atoms with Crippen LogP contribution >= 0.6 is 0 Å². The smallest absolute Gasteiger partial charge is 0.160 e. The minimum atomic E-state index is 0.557. The fourth-order valence-electron chi connectivity index (χ4n) is 2.35. The Morgan fingerprint density at radius 1 is 1.15 bits per heavy atom. The molecule has 102 valence electrons. The maximum Gasteiger partial charge on any atom is 0.160 e. The Labute approximate surface area is 117 Å². The van der Waals surface area contributed by atoms with Gasteiger partial charge in [-0.25, -0.2) is 9.97 Å². The van der Waals surface area contributed by atoms with Crippen molar-refractivity contribution in [2.75, 3.05) is 6.54 Å². The molecule has 2 aromatic heterocycles. The van der Waals surface area contributed by atoms with E-state index in [1.165, 1.54) is 0 Å². The predicted molar refractivity (Wildman–Crippen MR) is 78.9 cm³/mol. The van der Waals surface area contributed by atoms with Gasteiger partial charge in [0.15, 0.2) is 5.82 Å². The third kappa shape index (κ3) is 2.06. The number of rotatable bonds is 3. The molecule has 5 heteroatoms. The zero-order valence-electron chi connectivity index (χ0n) is 11.7. The van der Waals surface area contributed by atoms with Crippen LogP contribution in [0.5, 0.6) is 0 Å². The van der Waals surface area contributed by atoms with E-state index in [1.54, 1.807) is 6.20 Å². The maximum absolute atomic E-state index is 5.71. The molecule has 2 N–H and O–H groups in total. The molecular formula is C15H17N5. The number of nitrogens with zero attached hydrogens (tertiary/aromatic N) is 4. The molecule has 0 fully saturated rings.